The van der Waals surface area contributed by atoms with Crippen molar-refractivity contribution in [3.63, 3.8) is 0 Å². The van der Waals surface area contributed by atoms with Crippen molar-refractivity contribution in [3.8, 4) is 0 Å². The van der Waals surface area contributed by atoms with E-state index in [9.17, 15) is 4.79 Å². The maximum Gasteiger partial charge on any atom is 0.229 e. The fourth-order valence-corrected chi connectivity index (χ4v) is 5.48. The van der Waals surface area contributed by atoms with Gasteiger partial charge in [0.1, 0.15) is 0 Å². The smallest absolute Gasteiger partial charge is 0.229 e. The highest BCUT2D eigenvalue weighted by Crippen LogP contribution is 2.32. The van der Waals surface area contributed by atoms with Crippen molar-refractivity contribution in [1.29, 1.82) is 0 Å². The highest BCUT2D eigenvalue weighted by molar-refractivity contribution is 7.99. The summed E-state index contributed by atoms with van der Waals surface area (Å²) in [7, 11) is 0. The first-order valence-corrected chi connectivity index (χ1v) is 12.8. The van der Waals surface area contributed by atoms with Gasteiger partial charge in [0.15, 0.2) is 5.13 Å². The lowest BCUT2D eigenvalue weighted by atomic mass is 10.1. The van der Waals surface area contributed by atoms with E-state index in [4.69, 9.17) is 4.98 Å². The topological polar surface area (TPSA) is 51.0 Å². The Morgan fingerprint density at radius 2 is 2.03 bits per heavy atom. The molecule has 0 saturated carbocycles. The number of carbonyl (C=O) groups is 1. The van der Waals surface area contributed by atoms with Gasteiger partial charge in [0, 0.05) is 42.6 Å². The summed E-state index contributed by atoms with van der Waals surface area (Å²) < 4.78 is 3.18. The van der Waals surface area contributed by atoms with E-state index in [2.05, 4.69) is 61.3 Å². The molecule has 0 radical (unpaired) electrons. The summed E-state index contributed by atoms with van der Waals surface area (Å²) in [5, 5.41) is 0.803. The Morgan fingerprint density at radius 1 is 1.19 bits per heavy atom. The van der Waals surface area contributed by atoms with Crippen molar-refractivity contribution in [2.75, 3.05) is 17.2 Å². The van der Waals surface area contributed by atoms with Crippen molar-refractivity contribution in [2.45, 2.75) is 44.6 Å². The Labute approximate surface area is 197 Å². The number of anilines is 1. The van der Waals surface area contributed by atoms with Crippen molar-refractivity contribution in [3.05, 3.63) is 72.3 Å². The molecule has 5 nitrogen and oxygen atoms in total. The number of thioether (sulfide) groups is 1. The summed E-state index contributed by atoms with van der Waals surface area (Å²) in [6, 6.07) is 14.7. The Kier molecular flexibility index (Phi) is 7.60. The maximum absolute atomic E-state index is 13.3. The van der Waals surface area contributed by atoms with Crippen molar-refractivity contribution in [1.82, 2.24) is 14.5 Å². The molecule has 0 aliphatic heterocycles. The first-order valence-electron chi connectivity index (χ1n) is 11.0. The van der Waals surface area contributed by atoms with E-state index in [0.29, 0.717) is 13.0 Å². The van der Waals surface area contributed by atoms with Gasteiger partial charge in [0.25, 0.3) is 0 Å². The van der Waals surface area contributed by atoms with E-state index in [0.717, 1.165) is 40.5 Å². The number of aryl methyl sites for hydroxylation is 3. The van der Waals surface area contributed by atoms with E-state index in [1.165, 1.54) is 16.0 Å². The fourth-order valence-electron chi connectivity index (χ4n) is 3.58. The predicted molar refractivity (Wildman–Crippen MR) is 135 cm³/mol. The van der Waals surface area contributed by atoms with E-state index < -0.39 is 0 Å². The molecule has 0 bridgehead atoms. The zero-order chi connectivity index (χ0) is 22.3. The van der Waals surface area contributed by atoms with Crippen molar-refractivity contribution < 1.29 is 4.79 Å². The van der Waals surface area contributed by atoms with E-state index >= 15 is 0 Å². The average molecular weight is 465 g/mol. The van der Waals surface area contributed by atoms with Crippen LogP contribution in [0.2, 0.25) is 0 Å². The van der Waals surface area contributed by atoms with Crippen LogP contribution in [0.15, 0.2) is 66.1 Å². The summed E-state index contributed by atoms with van der Waals surface area (Å²) in [5.41, 5.74) is 3.50. The molecular formula is C25H28N4OS2. The number of aromatic nitrogens is 3. The molecule has 0 aliphatic carbocycles. The van der Waals surface area contributed by atoms with Crippen LogP contribution in [0.25, 0.3) is 10.2 Å². The van der Waals surface area contributed by atoms with E-state index in [-0.39, 0.29) is 5.91 Å². The van der Waals surface area contributed by atoms with Crippen LogP contribution in [0.4, 0.5) is 5.13 Å². The minimum Gasteiger partial charge on any atom is -0.337 e. The molecule has 4 aromatic rings. The number of carbonyl (C=O) groups excluding carboxylic acids is 1. The largest absolute Gasteiger partial charge is 0.337 e. The van der Waals surface area contributed by atoms with Crippen LogP contribution in [0.1, 0.15) is 30.9 Å². The second-order valence-electron chi connectivity index (χ2n) is 7.72. The van der Waals surface area contributed by atoms with Gasteiger partial charge in [-0.15, -0.1) is 11.8 Å². The highest BCUT2D eigenvalue weighted by atomic mass is 32.2. The number of imidazole rings is 1. The summed E-state index contributed by atoms with van der Waals surface area (Å²) in [4.78, 5) is 25.4. The lowest BCUT2D eigenvalue weighted by Gasteiger charge is -2.20. The zero-order valence-corrected chi connectivity index (χ0v) is 20.2. The standard InChI is InChI=1S/C25H28N4OS2/c1-3-20-6-4-7-22-24(20)27-25(32-22)29(15-5-14-28-16-13-26-18-28)23(30)12-17-31-21-10-8-19(2)9-11-21/h4,6-11,13,16,18H,3,5,12,14-15,17H2,1-2H3. The highest BCUT2D eigenvalue weighted by Gasteiger charge is 2.20. The monoisotopic (exact) mass is 464 g/mol. The molecule has 0 fully saturated rings. The normalized spacial score (nSPS) is 11.2. The second-order valence-corrected chi connectivity index (χ2v) is 9.90. The summed E-state index contributed by atoms with van der Waals surface area (Å²) >= 11 is 3.34. The van der Waals surface area contributed by atoms with E-state index in [1.54, 1.807) is 29.3 Å². The van der Waals surface area contributed by atoms with Crippen LogP contribution in [0.3, 0.4) is 0 Å². The SMILES string of the molecule is CCc1cccc2sc(N(CCCn3ccnc3)C(=O)CCSc3ccc(C)cc3)nc12. The van der Waals surface area contributed by atoms with Crippen LogP contribution in [0.5, 0.6) is 0 Å². The van der Waals surface area contributed by atoms with Gasteiger partial charge in [-0.05, 0) is 43.5 Å². The van der Waals surface area contributed by atoms with Gasteiger partial charge in [0.2, 0.25) is 5.91 Å². The van der Waals surface area contributed by atoms with Gasteiger partial charge in [-0.3, -0.25) is 9.69 Å². The molecule has 2 heterocycles. The number of amides is 1. The molecule has 7 heteroatoms. The quantitative estimate of drug-likeness (QED) is 0.271. The van der Waals surface area contributed by atoms with Gasteiger partial charge in [-0.25, -0.2) is 9.97 Å². The Bertz CT molecular complexity index is 1150. The van der Waals surface area contributed by atoms with Crippen LogP contribution in [0, 0.1) is 6.92 Å². The number of hydrogen-bond donors (Lipinski definition) is 0. The van der Waals surface area contributed by atoms with Gasteiger partial charge < -0.3 is 4.57 Å². The second kappa shape index (κ2) is 10.8. The Balaban J connectivity index is 1.47. The number of nitrogens with zero attached hydrogens (tertiary/aromatic N) is 4. The third-order valence-corrected chi connectivity index (χ3v) is 7.42. The number of thiazole rings is 1. The number of hydrogen-bond acceptors (Lipinski definition) is 5. The molecule has 4 rings (SSSR count). The van der Waals surface area contributed by atoms with Crippen molar-refractivity contribution >= 4 is 44.4 Å². The minimum atomic E-state index is 0.132. The number of benzene rings is 2. The molecule has 32 heavy (non-hydrogen) atoms. The minimum absolute atomic E-state index is 0.132. The summed E-state index contributed by atoms with van der Waals surface area (Å²) in [6.07, 6.45) is 7.82. The third kappa shape index (κ3) is 5.58. The van der Waals surface area contributed by atoms with Gasteiger partial charge in [-0.1, -0.05) is 48.1 Å². The first kappa shape index (κ1) is 22.6. The Hall–Kier alpha value is -2.64. The van der Waals surface area contributed by atoms with Crippen molar-refractivity contribution in [2.24, 2.45) is 0 Å². The molecule has 2 aromatic heterocycles. The third-order valence-electron chi connectivity index (χ3n) is 5.37. The lowest BCUT2D eigenvalue weighted by Crippen LogP contribution is -2.32. The summed E-state index contributed by atoms with van der Waals surface area (Å²) in [5.74, 6) is 0.887. The van der Waals surface area contributed by atoms with Crippen LogP contribution >= 0.6 is 23.1 Å². The molecule has 0 unspecified atom stereocenters. The molecular weight excluding hydrogens is 436 g/mol. The molecule has 1 amide bonds. The van der Waals surface area contributed by atoms with Crippen LogP contribution < -0.4 is 4.90 Å². The number of fused-ring (bicyclic) bond motifs is 1. The molecule has 0 spiro atoms. The number of para-hydroxylation sites is 1. The van der Waals surface area contributed by atoms with E-state index in [1.807, 2.05) is 22.0 Å². The van der Waals surface area contributed by atoms with Gasteiger partial charge >= 0.3 is 0 Å². The fraction of sp³-hybridized carbons (Fsp3) is 0.320. The zero-order valence-electron chi connectivity index (χ0n) is 18.5. The predicted octanol–water partition coefficient (Wildman–Crippen LogP) is 5.97. The number of rotatable bonds is 10. The molecule has 0 aliphatic rings. The molecule has 0 N–H and O–H groups in total. The average Bonchev–Trinajstić information content (AvgIpc) is 3.47. The molecule has 166 valence electrons. The molecule has 0 atom stereocenters. The van der Waals surface area contributed by atoms with Crippen LogP contribution in [-0.4, -0.2) is 32.7 Å². The summed E-state index contributed by atoms with van der Waals surface area (Å²) in [6.45, 7) is 5.70. The Morgan fingerprint density at radius 3 is 2.78 bits per heavy atom. The first-order chi connectivity index (χ1) is 15.6. The van der Waals surface area contributed by atoms with Gasteiger partial charge in [-0.2, -0.15) is 0 Å². The maximum atomic E-state index is 13.3. The molecule has 0 saturated heterocycles. The molecule has 2 aromatic carbocycles. The van der Waals surface area contributed by atoms with Crippen LogP contribution in [-0.2, 0) is 17.8 Å². The van der Waals surface area contributed by atoms with Gasteiger partial charge in [0.05, 0.1) is 16.5 Å². The lowest BCUT2D eigenvalue weighted by molar-refractivity contribution is -0.118.